The highest BCUT2D eigenvalue weighted by Crippen LogP contribution is 2.25. The molecule has 2 amide bonds. The fourth-order valence-corrected chi connectivity index (χ4v) is 4.38. The lowest BCUT2D eigenvalue weighted by atomic mass is 9.86. The molecule has 0 aliphatic carbocycles. The highest BCUT2D eigenvalue weighted by Gasteiger charge is 2.43. The Bertz CT molecular complexity index is 1000. The first-order chi connectivity index (χ1) is 15.8. The van der Waals surface area contributed by atoms with Gasteiger partial charge in [-0.3, -0.25) is 19.7 Å². The van der Waals surface area contributed by atoms with E-state index in [-0.39, 0.29) is 23.6 Å². The number of nitro groups is 1. The Kier molecular flexibility index (Phi) is 8.12. The molecular formula is C22H26N4O6S. The number of amides is 2. The summed E-state index contributed by atoms with van der Waals surface area (Å²) in [4.78, 5) is 49.3. The van der Waals surface area contributed by atoms with Crippen LogP contribution in [0.15, 0.2) is 41.8 Å². The molecule has 2 heterocycles. The second-order valence-electron chi connectivity index (χ2n) is 7.68. The fourth-order valence-electron chi connectivity index (χ4n) is 3.67. The number of benzene rings is 1. The average molecular weight is 475 g/mol. The van der Waals surface area contributed by atoms with Crippen LogP contribution in [0.5, 0.6) is 0 Å². The summed E-state index contributed by atoms with van der Waals surface area (Å²) < 4.78 is 5.16. The Morgan fingerprint density at radius 1 is 1.24 bits per heavy atom. The highest BCUT2D eigenvalue weighted by atomic mass is 32.1. The molecule has 1 aromatic heterocycles. The first kappa shape index (κ1) is 24.3. The summed E-state index contributed by atoms with van der Waals surface area (Å²) in [6.45, 7) is 2.83. The zero-order chi connectivity index (χ0) is 23.8. The molecule has 1 unspecified atom stereocenters. The summed E-state index contributed by atoms with van der Waals surface area (Å²) in [5.41, 5.74) is -0.297. The molecule has 0 spiro atoms. The van der Waals surface area contributed by atoms with Crippen molar-refractivity contribution in [1.82, 2.24) is 16.0 Å². The van der Waals surface area contributed by atoms with Crippen molar-refractivity contribution in [2.45, 2.75) is 37.8 Å². The van der Waals surface area contributed by atoms with Crippen LogP contribution >= 0.6 is 11.3 Å². The van der Waals surface area contributed by atoms with Gasteiger partial charge in [0.1, 0.15) is 11.6 Å². The molecule has 1 atom stereocenters. The van der Waals surface area contributed by atoms with Gasteiger partial charge in [0.15, 0.2) is 0 Å². The molecule has 0 saturated carbocycles. The van der Waals surface area contributed by atoms with Gasteiger partial charge in [-0.2, -0.15) is 0 Å². The third-order valence-corrected chi connectivity index (χ3v) is 6.31. The average Bonchev–Trinajstić information content (AvgIpc) is 3.31. The van der Waals surface area contributed by atoms with Crippen molar-refractivity contribution in [1.29, 1.82) is 0 Å². The van der Waals surface area contributed by atoms with Crippen LogP contribution in [0.1, 0.15) is 35.7 Å². The Hall–Kier alpha value is -3.31. The zero-order valence-corrected chi connectivity index (χ0v) is 19.0. The number of ether oxygens (including phenoxy) is 1. The Morgan fingerprint density at radius 2 is 1.94 bits per heavy atom. The normalized spacial score (nSPS) is 15.8. The maximum Gasteiger partial charge on any atom is 0.328 e. The van der Waals surface area contributed by atoms with Gasteiger partial charge in [0, 0.05) is 17.9 Å². The number of rotatable bonds is 9. The maximum absolute atomic E-state index is 13.4. The van der Waals surface area contributed by atoms with Crippen LogP contribution in [0.25, 0.3) is 0 Å². The summed E-state index contributed by atoms with van der Waals surface area (Å²) >= 11 is 0.843. The largest absolute Gasteiger partial charge is 0.464 e. The van der Waals surface area contributed by atoms with Gasteiger partial charge in [-0.05, 0) is 38.4 Å². The van der Waals surface area contributed by atoms with Crippen LogP contribution in [0.2, 0.25) is 0 Å². The second-order valence-corrected chi connectivity index (χ2v) is 8.57. The van der Waals surface area contributed by atoms with Gasteiger partial charge in [0.2, 0.25) is 5.91 Å². The van der Waals surface area contributed by atoms with Crippen molar-refractivity contribution in [3.05, 3.63) is 63.0 Å². The van der Waals surface area contributed by atoms with Crippen molar-refractivity contribution in [3.63, 3.8) is 0 Å². The fraction of sp³-hybridized carbons (Fsp3) is 0.409. The van der Waals surface area contributed by atoms with Gasteiger partial charge in [-0.15, -0.1) is 0 Å². The van der Waals surface area contributed by atoms with Crippen LogP contribution in [-0.4, -0.2) is 54.0 Å². The summed E-state index contributed by atoms with van der Waals surface area (Å²) in [6.07, 6.45) is 0.847. The molecule has 176 valence electrons. The monoisotopic (exact) mass is 474 g/mol. The Morgan fingerprint density at radius 3 is 2.55 bits per heavy atom. The number of piperidine rings is 1. The van der Waals surface area contributed by atoms with Gasteiger partial charge in [-0.1, -0.05) is 41.7 Å². The van der Waals surface area contributed by atoms with Gasteiger partial charge in [0.25, 0.3) is 5.91 Å². The van der Waals surface area contributed by atoms with E-state index in [4.69, 9.17) is 4.74 Å². The second kappa shape index (κ2) is 11.0. The number of thiophene rings is 1. The lowest BCUT2D eigenvalue weighted by molar-refractivity contribution is -0.380. The minimum absolute atomic E-state index is 0.114. The summed E-state index contributed by atoms with van der Waals surface area (Å²) in [5.74, 6) is -1.62. The zero-order valence-electron chi connectivity index (χ0n) is 18.2. The van der Waals surface area contributed by atoms with Gasteiger partial charge < -0.3 is 20.7 Å². The first-order valence-corrected chi connectivity index (χ1v) is 11.5. The van der Waals surface area contributed by atoms with E-state index in [1.807, 2.05) is 30.3 Å². The predicted molar refractivity (Wildman–Crippen MR) is 122 cm³/mol. The van der Waals surface area contributed by atoms with Crippen LogP contribution in [0.3, 0.4) is 0 Å². The Labute approximate surface area is 194 Å². The lowest BCUT2D eigenvalue weighted by Crippen LogP contribution is -2.64. The predicted octanol–water partition coefficient (Wildman–Crippen LogP) is 1.80. The van der Waals surface area contributed by atoms with Crippen molar-refractivity contribution in [2.75, 3.05) is 19.7 Å². The molecule has 10 nitrogen and oxygen atoms in total. The quantitative estimate of drug-likeness (QED) is 0.286. The van der Waals surface area contributed by atoms with Crippen molar-refractivity contribution >= 4 is 34.1 Å². The molecule has 1 aliphatic heterocycles. The number of hydrogen-bond donors (Lipinski definition) is 3. The molecule has 0 radical (unpaired) electrons. The lowest BCUT2D eigenvalue weighted by Gasteiger charge is -2.37. The van der Waals surface area contributed by atoms with Crippen LogP contribution < -0.4 is 16.0 Å². The molecule has 1 aromatic carbocycles. The smallest absolute Gasteiger partial charge is 0.328 e. The van der Waals surface area contributed by atoms with Crippen LogP contribution in [0, 0.1) is 10.1 Å². The van der Waals surface area contributed by atoms with E-state index < -0.39 is 34.3 Å². The first-order valence-electron chi connectivity index (χ1n) is 10.6. The molecule has 0 bridgehead atoms. The van der Waals surface area contributed by atoms with Crippen molar-refractivity contribution in [2.24, 2.45) is 0 Å². The minimum atomic E-state index is -1.26. The van der Waals surface area contributed by atoms with Crippen molar-refractivity contribution < 1.29 is 24.0 Å². The standard InChI is InChI=1S/C22H26N4O6S/c1-2-32-20(28)17(12-15-6-4-3-5-7-15)24-21(29)22(8-10-23-11-9-22)25-19(27)16-13-18(26(30)31)33-14-16/h3-7,13-14,17,23H,2,8-12H2,1H3,(H,24,29)(H,25,27). The topological polar surface area (TPSA) is 140 Å². The van der Waals surface area contributed by atoms with E-state index in [1.54, 1.807) is 6.92 Å². The van der Waals surface area contributed by atoms with Gasteiger partial charge >= 0.3 is 11.0 Å². The third-order valence-electron chi connectivity index (χ3n) is 5.43. The molecule has 11 heteroatoms. The molecule has 3 rings (SSSR count). The van der Waals surface area contributed by atoms with Crippen molar-refractivity contribution in [3.8, 4) is 0 Å². The van der Waals surface area contributed by atoms with Crippen LogP contribution in [-0.2, 0) is 20.7 Å². The number of nitrogens with one attached hydrogen (secondary N) is 3. The molecule has 33 heavy (non-hydrogen) atoms. The summed E-state index contributed by atoms with van der Waals surface area (Å²) in [6, 6.07) is 9.50. The van der Waals surface area contributed by atoms with Gasteiger partial charge in [0.05, 0.1) is 17.1 Å². The SMILES string of the molecule is CCOC(=O)C(Cc1ccccc1)NC(=O)C1(NC(=O)c2csc([N+](=O)[O-])c2)CCNCC1. The third kappa shape index (κ3) is 6.14. The Balaban J connectivity index is 1.80. The molecule has 2 aromatic rings. The highest BCUT2D eigenvalue weighted by molar-refractivity contribution is 7.13. The maximum atomic E-state index is 13.4. The number of carbonyl (C=O) groups excluding carboxylic acids is 3. The van der Waals surface area contributed by atoms with E-state index in [1.165, 1.54) is 11.4 Å². The number of esters is 1. The molecule has 1 fully saturated rings. The molecule has 3 N–H and O–H groups in total. The van der Waals surface area contributed by atoms with E-state index >= 15 is 0 Å². The molecule has 1 saturated heterocycles. The molecular weight excluding hydrogens is 448 g/mol. The summed E-state index contributed by atoms with van der Waals surface area (Å²) in [5, 5.41) is 20.9. The number of carbonyl (C=O) groups is 3. The van der Waals surface area contributed by atoms with E-state index in [0.29, 0.717) is 25.9 Å². The van der Waals surface area contributed by atoms with E-state index in [9.17, 15) is 24.5 Å². The number of nitrogens with zero attached hydrogens (tertiary/aromatic N) is 1. The minimum Gasteiger partial charge on any atom is -0.464 e. The number of hydrogen-bond acceptors (Lipinski definition) is 8. The van der Waals surface area contributed by atoms with E-state index in [0.717, 1.165) is 16.9 Å². The van der Waals surface area contributed by atoms with E-state index in [2.05, 4.69) is 16.0 Å². The summed E-state index contributed by atoms with van der Waals surface area (Å²) in [7, 11) is 0. The van der Waals surface area contributed by atoms with Gasteiger partial charge in [-0.25, -0.2) is 4.79 Å². The van der Waals surface area contributed by atoms with Crippen LogP contribution in [0.4, 0.5) is 5.00 Å². The molecule has 1 aliphatic rings.